The second-order valence-electron chi connectivity index (χ2n) is 16.8. The van der Waals surface area contributed by atoms with E-state index < -0.39 is 23.6 Å². The first-order chi connectivity index (χ1) is 32.7. The van der Waals surface area contributed by atoms with Gasteiger partial charge in [0.25, 0.3) is 11.8 Å². The highest BCUT2D eigenvalue weighted by Crippen LogP contribution is 2.32. The van der Waals surface area contributed by atoms with Gasteiger partial charge in [-0.3, -0.25) is 9.59 Å². The van der Waals surface area contributed by atoms with Gasteiger partial charge in [0.15, 0.2) is 11.3 Å². The maximum absolute atomic E-state index is 14.7. The molecule has 346 valence electrons. The van der Waals surface area contributed by atoms with Crippen LogP contribution in [0.2, 0.25) is 0 Å². The molecule has 2 unspecified atom stereocenters. The van der Waals surface area contributed by atoms with Crippen molar-refractivity contribution in [1.82, 2.24) is 43.6 Å². The van der Waals surface area contributed by atoms with Crippen molar-refractivity contribution in [3.8, 4) is 22.5 Å². The SMILES string of the molecule is CCc1cc(C(=O)N2CCCc3ccccc3C2C)nc2cc(-c3ccc(C(=O)O)cc3F)nn12.CCc1cc(C(=O)N2CCn3cccc3C2C)nc2cc(-c3ccc(C(=O)O)cc3F)nn12. The van der Waals surface area contributed by atoms with Gasteiger partial charge in [0.05, 0.1) is 34.6 Å². The number of fused-ring (bicyclic) bond motifs is 4. The van der Waals surface area contributed by atoms with Gasteiger partial charge in [-0.1, -0.05) is 38.1 Å². The number of amides is 2. The summed E-state index contributed by atoms with van der Waals surface area (Å²) >= 11 is 0. The normalized spacial score (nSPS) is 15.6. The lowest BCUT2D eigenvalue weighted by atomic mass is 9.99. The molecule has 2 aliphatic rings. The van der Waals surface area contributed by atoms with Gasteiger partial charge < -0.3 is 24.6 Å². The van der Waals surface area contributed by atoms with E-state index in [4.69, 9.17) is 10.2 Å². The molecular formula is C51H47F2N9O6. The standard InChI is InChI=1S/C27H25FN4O3.C24H22FN5O3/c1-3-19-14-24(26(33)31-12-6-8-17-7-4-5-9-20(17)16(31)2)29-25-15-23(30-32(19)25)21-11-10-18(27(34)35)13-22(21)28;1-3-16-12-20(23(31)29-10-9-28-8-4-5-21(28)14(29)2)26-22-13-19(27-30(16)22)17-7-6-15(24(32)33)11-18(17)25/h4-5,7,9-11,13-16H,3,6,8,12H2,1-2H3,(H,34,35);4-8,11-14H,3,9-10H2,1-2H3,(H,32,33). The fourth-order valence-electron chi connectivity index (χ4n) is 9.17. The quantitative estimate of drug-likeness (QED) is 0.150. The molecule has 2 aliphatic heterocycles. The van der Waals surface area contributed by atoms with E-state index in [0.717, 1.165) is 54.2 Å². The molecule has 68 heavy (non-hydrogen) atoms. The molecule has 17 heteroatoms. The van der Waals surface area contributed by atoms with Crippen LogP contribution in [0.4, 0.5) is 8.78 Å². The van der Waals surface area contributed by atoms with Crippen molar-refractivity contribution in [1.29, 1.82) is 0 Å². The van der Waals surface area contributed by atoms with E-state index in [0.29, 0.717) is 60.0 Å². The van der Waals surface area contributed by atoms with Gasteiger partial charge in [0, 0.05) is 66.2 Å². The number of carboxylic acid groups (broad SMARTS) is 2. The first kappa shape index (κ1) is 45.1. The van der Waals surface area contributed by atoms with E-state index in [9.17, 15) is 28.0 Å². The van der Waals surface area contributed by atoms with E-state index >= 15 is 0 Å². The molecule has 15 nitrogen and oxygen atoms in total. The van der Waals surface area contributed by atoms with Crippen molar-refractivity contribution in [2.45, 2.75) is 72.0 Å². The summed E-state index contributed by atoms with van der Waals surface area (Å²) in [7, 11) is 0. The van der Waals surface area contributed by atoms with Crippen LogP contribution in [0.1, 0.15) is 116 Å². The molecule has 2 amide bonds. The lowest BCUT2D eigenvalue weighted by Gasteiger charge is -2.34. The average molecular weight is 920 g/mol. The van der Waals surface area contributed by atoms with Gasteiger partial charge in [0.2, 0.25) is 0 Å². The summed E-state index contributed by atoms with van der Waals surface area (Å²) in [5.41, 5.74) is 7.28. The van der Waals surface area contributed by atoms with Gasteiger partial charge in [-0.05, 0) is 111 Å². The third-order valence-electron chi connectivity index (χ3n) is 12.8. The van der Waals surface area contributed by atoms with Gasteiger partial charge in [-0.15, -0.1) is 0 Å². The Hall–Kier alpha value is -8.08. The van der Waals surface area contributed by atoms with E-state index in [1.165, 1.54) is 29.8 Å². The first-order valence-electron chi connectivity index (χ1n) is 22.4. The first-order valence-corrected chi connectivity index (χ1v) is 22.4. The highest BCUT2D eigenvalue weighted by molar-refractivity contribution is 5.94. The smallest absolute Gasteiger partial charge is 0.335 e. The van der Waals surface area contributed by atoms with Crippen LogP contribution in [-0.2, 0) is 25.8 Å². The molecule has 0 fully saturated rings. The monoisotopic (exact) mass is 919 g/mol. The molecule has 0 saturated heterocycles. The zero-order valence-corrected chi connectivity index (χ0v) is 37.7. The Morgan fingerprint density at radius 2 is 1.16 bits per heavy atom. The summed E-state index contributed by atoms with van der Waals surface area (Å²) in [6.45, 7) is 9.89. The van der Waals surface area contributed by atoms with Crippen molar-refractivity contribution < 1.29 is 38.2 Å². The minimum absolute atomic E-state index is 0.0772. The summed E-state index contributed by atoms with van der Waals surface area (Å²) in [6, 6.07) is 26.2. The highest BCUT2D eigenvalue weighted by Gasteiger charge is 2.31. The molecule has 8 aromatic rings. The predicted octanol–water partition coefficient (Wildman–Crippen LogP) is 8.76. The van der Waals surface area contributed by atoms with E-state index in [1.807, 2.05) is 68.0 Å². The van der Waals surface area contributed by atoms with Crippen molar-refractivity contribution >= 4 is 35.0 Å². The van der Waals surface area contributed by atoms with Crippen molar-refractivity contribution in [3.63, 3.8) is 0 Å². The minimum atomic E-state index is -1.20. The van der Waals surface area contributed by atoms with Crippen LogP contribution in [0.3, 0.4) is 0 Å². The maximum Gasteiger partial charge on any atom is 0.335 e. The number of carbonyl (C=O) groups is 4. The van der Waals surface area contributed by atoms with E-state index in [2.05, 4.69) is 36.9 Å². The van der Waals surface area contributed by atoms with E-state index in [-0.39, 0.29) is 46.2 Å². The fraction of sp³-hybridized carbons (Fsp3) is 0.255. The van der Waals surface area contributed by atoms with Crippen LogP contribution in [0.5, 0.6) is 0 Å². The lowest BCUT2D eigenvalue weighted by Crippen LogP contribution is -2.41. The van der Waals surface area contributed by atoms with E-state index in [1.54, 1.807) is 33.3 Å². The average Bonchev–Trinajstić information content (AvgIpc) is 4.09. The Bertz CT molecular complexity index is 3300. The topological polar surface area (TPSA) is 181 Å². The number of aryl methyl sites for hydroxylation is 3. The summed E-state index contributed by atoms with van der Waals surface area (Å²) in [4.78, 5) is 62.1. The lowest BCUT2D eigenvalue weighted by molar-refractivity contribution is 0.0635. The molecule has 0 saturated carbocycles. The second-order valence-corrected chi connectivity index (χ2v) is 16.8. The van der Waals surface area contributed by atoms with Crippen LogP contribution in [0, 0.1) is 11.6 Å². The van der Waals surface area contributed by atoms with Gasteiger partial charge in [-0.25, -0.2) is 37.4 Å². The number of hydrogen-bond donors (Lipinski definition) is 2. The molecule has 0 bridgehead atoms. The Balaban J connectivity index is 0.000000170. The molecule has 3 aromatic carbocycles. The summed E-state index contributed by atoms with van der Waals surface area (Å²) in [6.07, 6.45) is 5.01. The number of aromatic carboxylic acids is 2. The van der Waals surface area contributed by atoms with Crippen LogP contribution >= 0.6 is 0 Å². The highest BCUT2D eigenvalue weighted by atomic mass is 19.1. The molecule has 10 rings (SSSR count). The molecule has 0 radical (unpaired) electrons. The number of hydrogen-bond acceptors (Lipinski definition) is 8. The van der Waals surface area contributed by atoms with Crippen molar-refractivity contribution in [2.75, 3.05) is 13.1 Å². The summed E-state index contributed by atoms with van der Waals surface area (Å²) < 4.78 is 34.6. The predicted molar refractivity (Wildman–Crippen MR) is 248 cm³/mol. The Morgan fingerprint density at radius 3 is 1.68 bits per heavy atom. The number of nitrogens with zero attached hydrogens (tertiary/aromatic N) is 9. The van der Waals surface area contributed by atoms with Crippen molar-refractivity contribution in [3.05, 3.63) is 166 Å². The number of benzene rings is 3. The zero-order valence-electron chi connectivity index (χ0n) is 37.7. The molecule has 2 N–H and O–H groups in total. The van der Waals surface area contributed by atoms with Crippen LogP contribution in [0.15, 0.2) is 103 Å². The number of carbonyl (C=O) groups excluding carboxylic acids is 2. The molecule has 2 atom stereocenters. The van der Waals surface area contributed by atoms with Crippen LogP contribution < -0.4 is 0 Å². The fourth-order valence-corrected chi connectivity index (χ4v) is 9.17. The van der Waals surface area contributed by atoms with Crippen LogP contribution in [-0.4, -0.2) is 90.6 Å². The molecule has 0 spiro atoms. The minimum Gasteiger partial charge on any atom is -0.478 e. The third kappa shape index (κ3) is 8.35. The number of halogens is 2. The van der Waals surface area contributed by atoms with Gasteiger partial charge >= 0.3 is 11.9 Å². The summed E-state index contributed by atoms with van der Waals surface area (Å²) in [5, 5.41) is 27.2. The Labute approximate surface area is 388 Å². The third-order valence-corrected chi connectivity index (χ3v) is 12.8. The maximum atomic E-state index is 14.7. The molecular weight excluding hydrogens is 873 g/mol. The molecule has 7 heterocycles. The van der Waals surface area contributed by atoms with Gasteiger partial charge in [-0.2, -0.15) is 10.2 Å². The Morgan fingerprint density at radius 1 is 0.632 bits per heavy atom. The number of aromatic nitrogens is 7. The van der Waals surface area contributed by atoms with Gasteiger partial charge in [0.1, 0.15) is 23.0 Å². The van der Waals surface area contributed by atoms with Crippen LogP contribution in [0.25, 0.3) is 33.8 Å². The molecule has 5 aromatic heterocycles. The Kier molecular flexibility index (Phi) is 12.1. The van der Waals surface area contributed by atoms with Crippen molar-refractivity contribution in [2.24, 2.45) is 0 Å². The summed E-state index contributed by atoms with van der Waals surface area (Å²) in [5.74, 6) is -4.07. The zero-order chi connectivity index (χ0) is 48.0. The number of carboxylic acids is 2. The second kappa shape index (κ2) is 18.3. The molecule has 0 aliphatic carbocycles. The largest absolute Gasteiger partial charge is 0.478 e. The number of rotatable bonds is 8.